The first-order chi connectivity index (χ1) is 6.09. The molecule has 69 valence electrons. The largest absolute Gasteiger partial charge is 0.468 e. The lowest BCUT2D eigenvalue weighted by atomic mass is 10.3. The summed E-state index contributed by atoms with van der Waals surface area (Å²) >= 11 is 0. The number of halogens is 3. The summed E-state index contributed by atoms with van der Waals surface area (Å²) < 4.78 is 45.9. The zero-order valence-corrected chi connectivity index (χ0v) is 6.26. The lowest BCUT2D eigenvalue weighted by molar-refractivity contribution is -0.281. The minimum absolute atomic E-state index is 0.138. The first-order valence-electron chi connectivity index (χ1n) is 3.48. The fraction of sp³-hybridized carbons (Fsp3) is 0.250. The summed E-state index contributed by atoms with van der Waals surface area (Å²) in [7, 11) is 0. The molecule has 0 N–H and O–H groups in total. The highest BCUT2D eigenvalue weighted by Crippen LogP contribution is 2.39. The van der Waals surface area contributed by atoms with Crippen LogP contribution in [0.25, 0.3) is 0 Å². The van der Waals surface area contributed by atoms with Crippen LogP contribution in [-0.4, -0.2) is 12.5 Å². The molecular weight excluding hydrogens is 185 g/mol. The summed E-state index contributed by atoms with van der Waals surface area (Å²) in [6, 6.07) is 6.55. The summed E-state index contributed by atoms with van der Waals surface area (Å²) in [6.07, 6.45) is -6.71. The van der Waals surface area contributed by atoms with Crippen LogP contribution in [0.2, 0.25) is 0 Å². The van der Waals surface area contributed by atoms with Crippen molar-refractivity contribution in [1.29, 1.82) is 0 Å². The van der Waals surface area contributed by atoms with Crippen LogP contribution in [0.1, 0.15) is 0 Å². The van der Waals surface area contributed by atoms with Gasteiger partial charge in [-0.05, 0) is 6.07 Å². The number of fused-ring (bicyclic) bond motifs is 1. The van der Waals surface area contributed by atoms with Gasteiger partial charge in [-0.1, -0.05) is 12.1 Å². The van der Waals surface area contributed by atoms with Gasteiger partial charge >= 0.3 is 12.5 Å². The molecule has 0 bridgehead atoms. The van der Waals surface area contributed by atoms with Crippen molar-refractivity contribution in [2.24, 2.45) is 0 Å². The molecule has 0 aromatic heterocycles. The van der Waals surface area contributed by atoms with Gasteiger partial charge < -0.3 is 9.47 Å². The molecule has 0 saturated heterocycles. The summed E-state index contributed by atoms with van der Waals surface area (Å²) in [5, 5.41) is 0. The maximum absolute atomic E-state index is 12.5. The highest BCUT2D eigenvalue weighted by molar-refractivity contribution is 5.40. The quantitative estimate of drug-likeness (QED) is 0.622. The Morgan fingerprint density at radius 1 is 1.46 bits per heavy atom. The van der Waals surface area contributed by atoms with E-state index in [1.54, 1.807) is 0 Å². The number of benzene rings is 1. The smallest absolute Gasteiger partial charge is 0.447 e. The second-order valence-electron chi connectivity index (χ2n) is 2.46. The van der Waals surface area contributed by atoms with E-state index in [-0.39, 0.29) is 11.5 Å². The molecule has 1 radical (unpaired) electrons. The molecule has 1 atom stereocenters. The molecule has 2 rings (SSSR count). The van der Waals surface area contributed by atoms with E-state index in [1.165, 1.54) is 18.2 Å². The molecule has 5 heteroatoms. The number of ether oxygens (including phenoxy) is 2. The highest BCUT2D eigenvalue weighted by atomic mass is 19.3. The van der Waals surface area contributed by atoms with Gasteiger partial charge in [-0.25, -0.2) is 0 Å². The second-order valence-corrected chi connectivity index (χ2v) is 2.46. The van der Waals surface area contributed by atoms with Crippen LogP contribution in [0.5, 0.6) is 11.5 Å². The van der Waals surface area contributed by atoms with Crippen molar-refractivity contribution < 1.29 is 22.6 Å². The van der Waals surface area contributed by atoms with Gasteiger partial charge in [-0.15, -0.1) is 0 Å². The number of alkyl halides is 3. The molecule has 1 heterocycles. The van der Waals surface area contributed by atoms with E-state index >= 15 is 0 Å². The molecule has 2 nitrogen and oxygen atoms in total. The summed E-state index contributed by atoms with van der Waals surface area (Å²) in [6.45, 7) is 0. The van der Waals surface area contributed by atoms with Crippen LogP contribution in [0.15, 0.2) is 18.2 Å². The first-order valence-corrected chi connectivity index (χ1v) is 3.48. The normalized spacial score (nSPS) is 24.1. The molecule has 1 aliphatic rings. The Kier molecular flexibility index (Phi) is 1.61. The second kappa shape index (κ2) is 2.55. The van der Waals surface area contributed by atoms with Crippen LogP contribution >= 0.6 is 0 Å². The third kappa shape index (κ3) is 1.30. The van der Waals surface area contributed by atoms with Crippen LogP contribution in [0.3, 0.4) is 0 Å². The highest BCUT2D eigenvalue weighted by Gasteiger charge is 2.49. The number of para-hydroxylation sites is 1. The van der Waals surface area contributed by atoms with E-state index in [1.807, 2.05) is 0 Å². The summed E-state index contributed by atoms with van der Waals surface area (Å²) in [5.74, 6) is -0.345. The predicted molar refractivity (Wildman–Crippen MR) is 36.4 cm³/mol. The first kappa shape index (κ1) is 8.22. The zero-order valence-electron chi connectivity index (χ0n) is 6.26. The van der Waals surface area contributed by atoms with E-state index < -0.39 is 12.5 Å². The van der Waals surface area contributed by atoms with Crippen molar-refractivity contribution >= 4 is 0 Å². The van der Waals surface area contributed by atoms with E-state index in [0.29, 0.717) is 0 Å². The van der Waals surface area contributed by atoms with Gasteiger partial charge in [0.25, 0.3) is 0 Å². The van der Waals surface area contributed by atoms with Crippen LogP contribution < -0.4 is 9.47 Å². The van der Waals surface area contributed by atoms with E-state index in [2.05, 4.69) is 15.5 Å². The number of rotatable bonds is 0. The molecule has 0 saturated carbocycles. The predicted octanol–water partition coefficient (Wildman–Crippen LogP) is 2.15. The van der Waals surface area contributed by atoms with Gasteiger partial charge in [0.1, 0.15) is 0 Å². The Morgan fingerprint density at radius 2 is 2.23 bits per heavy atom. The molecule has 1 aromatic rings. The zero-order chi connectivity index (χ0) is 9.47. The minimum Gasteiger partial charge on any atom is -0.447 e. The van der Waals surface area contributed by atoms with Crippen LogP contribution in [0, 0.1) is 6.07 Å². The molecule has 0 fully saturated rings. The minimum atomic E-state index is -3.93. The molecule has 1 aromatic carbocycles. The average molecular weight is 189 g/mol. The Morgan fingerprint density at radius 3 is 3.00 bits per heavy atom. The Hall–Kier alpha value is -1.39. The summed E-state index contributed by atoms with van der Waals surface area (Å²) in [4.78, 5) is 0. The molecular formula is C8H4F3O2. The lowest BCUT2D eigenvalue weighted by Crippen LogP contribution is -2.43. The number of hydrogen-bond acceptors (Lipinski definition) is 2. The van der Waals surface area contributed by atoms with E-state index in [0.717, 1.165) is 0 Å². The molecule has 1 aliphatic heterocycles. The molecule has 0 amide bonds. The monoisotopic (exact) mass is 189 g/mol. The third-order valence-corrected chi connectivity index (χ3v) is 1.51. The van der Waals surface area contributed by atoms with Gasteiger partial charge in [0.15, 0.2) is 11.5 Å². The molecule has 0 aliphatic carbocycles. The fourth-order valence-corrected chi connectivity index (χ4v) is 0.944. The van der Waals surface area contributed by atoms with Crippen molar-refractivity contribution in [3.63, 3.8) is 0 Å². The van der Waals surface area contributed by atoms with Crippen molar-refractivity contribution in [3.05, 3.63) is 24.3 Å². The van der Waals surface area contributed by atoms with E-state index in [4.69, 9.17) is 0 Å². The maximum atomic E-state index is 12.5. The Bertz CT molecular complexity index is 327. The third-order valence-electron chi connectivity index (χ3n) is 1.51. The van der Waals surface area contributed by atoms with Gasteiger partial charge in [0, 0.05) is 6.07 Å². The van der Waals surface area contributed by atoms with Crippen LogP contribution in [0.4, 0.5) is 13.2 Å². The topological polar surface area (TPSA) is 18.5 Å². The van der Waals surface area contributed by atoms with Crippen molar-refractivity contribution in [2.75, 3.05) is 0 Å². The molecule has 13 heavy (non-hydrogen) atoms. The van der Waals surface area contributed by atoms with Gasteiger partial charge in [0.2, 0.25) is 0 Å². The van der Waals surface area contributed by atoms with Crippen molar-refractivity contribution in [2.45, 2.75) is 12.5 Å². The standard InChI is InChI=1S/C8H4F3O2/c9-7-8(10,11)13-6-4-2-1-3-5(6)12-7/h1-2,4,7H. The molecule has 0 spiro atoms. The van der Waals surface area contributed by atoms with Gasteiger partial charge in [-0.3, -0.25) is 0 Å². The van der Waals surface area contributed by atoms with Crippen molar-refractivity contribution in [1.82, 2.24) is 0 Å². The van der Waals surface area contributed by atoms with Crippen molar-refractivity contribution in [3.8, 4) is 11.5 Å². The number of hydrogen-bond donors (Lipinski definition) is 0. The van der Waals surface area contributed by atoms with Gasteiger partial charge in [-0.2, -0.15) is 13.2 Å². The Labute approximate surface area is 71.9 Å². The summed E-state index contributed by atoms with van der Waals surface area (Å²) in [5.41, 5.74) is 0. The fourth-order valence-electron chi connectivity index (χ4n) is 0.944. The van der Waals surface area contributed by atoms with E-state index in [9.17, 15) is 13.2 Å². The van der Waals surface area contributed by atoms with Gasteiger partial charge in [0.05, 0.1) is 0 Å². The SMILES string of the molecule is FC1Oc2[c]cccc2OC1(F)F. The average Bonchev–Trinajstić information content (AvgIpc) is 2.06. The molecule has 1 unspecified atom stereocenters. The Balaban J connectivity index is 2.39. The maximum Gasteiger partial charge on any atom is 0.468 e. The lowest BCUT2D eigenvalue weighted by Gasteiger charge is -2.27. The van der Waals surface area contributed by atoms with Crippen LogP contribution in [-0.2, 0) is 0 Å².